The third-order valence-corrected chi connectivity index (χ3v) is 3.86. The Bertz CT molecular complexity index is 307. The molecule has 0 N–H and O–H groups in total. The molecule has 1 nitrogen and oxygen atoms in total. The minimum atomic E-state index is 0.717. The molecule has 1 aromatic carbocycles. The van der Waals surface area contributed by atoms with Gasteiger partial charge >= 0.3 is 0 Å². The summed E-state index contributed by atoms with van der Waals surface area (Å²) in [5.41, 5.74) is 1.46. The average Bonchev–Trinajstić information content (AvgIpc) is 2.67. The number of hydrogen-bond donors (Lipinski definition) is 0. The summed E-state index contributed by atoms with van der Waals surface area (Å²) in [7, 11) is 0. The molecule has 0 heterocycles. The molecule has 1 saturated carbocycles. The number of hydrogen-bond acceptors (Lipinski definition) is 1. The Labute approximate surface area is 100.0 Å². The lowest BCUT2D eigenvalue weighted by Gasteiger charge is -2.10. The van der Waals surface area contributed by atoms with Crippen molar-refractivity contribution < 1.29 is 4.74 Å². The molecular weight excluding hydrogens is 252 g/mol. The highest BCUT2D eigenvalue weighted by atomic mass is 79.9. The highest BCUT2D eigenvalue weighted by molar-refractivity contribution is 9.09. The van der Waals surface area contributed by atoms with E-state index in [1.54, 1.807) is 0 Å². The molecule has 0 saturated heterocycles. The van der Waals surface area contributed by atoms with E-state index in [2.05, 4.69) is 40.2 Å². The molecule has 1 aliphatic carbocycles. The molecule has 0 aliphatic heterocycles. The van der Waals surface area contributed by atoms with Crippen molar-refractivity contribution >= 4 is 15.9 Å². The summed E-state index contributed by atoms with van der Waals surface area (Å²) in [6.07, 6.45) is 3.88. The van der Waals surface area contributed by atoms with Crippen molar-refractivity contribution in [3.63, 3.8) is 0 Å². The fraction of sp³-hybridized carbons (Fsp3) is 0.538. The normalized spacial score (nSPS) is 25.5. The van der Waals surface area contributed by atoms with Crippen LogP contribution >= 0.6 is 15.9 Å². The van der Waals surface area contributed by atoms with E-state index < -0.39 is 0 Å². The Morgan fingerprint density at radius 2 is 2.00 bits per heavy atom. The Kier molecular flexibility index (Phi) is 3.68. The van der Waals surface area contributed by atoms with E-state index in [0.717, 1.165) is 18.3 Å². The fourth-order valence-corrected chi connectivity index (χ4v) is 2.95. The molecule has 0 bridgehead atoms. The lowest BCUT2D eigenvalue weighted by molar-refractivity contribution is 0.340. The highest BCUT2D eigenvalue weighted by Gasteiger charge is 2.23. The molecule has 1 fully saturated rings. The molecule has 1 aliphatic rings. The number of rotatable bonds is 3. The number of alkyl halides is 1. The van der Waals surface area contributed by atoms with Gasteiger partial charge in [-0.2, -0.15) is 0 Å². The highest BCUT2D eigenvalue weighted by Crippen LogP contribution is 2.38. The second kappa shape index (κ2) is 5.02. The number of halogens is 1. The summed E-state index contributed by atoms with van der Waals surface area (Å²) in [5, 5.41) is 0. The van der Waals surface area contributed by atoms with Gasteiger partial charge in [0.15, 0.2) is 0 Å². The van der Waals surface area contributed by atoms with Crippen LogP contribution in [0.5, 0.6) is 5.75 Å². The summed E-state index contributed by atoms with van der Waals surface area (Å²) in [6, 6.07) is 8.59. The fourth-order valence-electron chi connectivity index (χ4n) is 2.23. The molecule has 2 atom stereocenters. The maximum absolute atomic E-state index is 5.44. The first kappa shape index (κ1) is 11.0. The molecule has 2 rings (SSSR count). The van der Waals surface area contributed by atoms with Gasteiger partial charge < -0.3 is 4.74 Å². The van der Waals surface area contributed by atoms with E-state index in [1.807, 2.05) is 6.92 Å². The van der Waals surface area contributed by atoms with E-state index in [0.29, 0.717) is 4.83 Å². The second-order valence-electron chi connectivity index (χ2n) is 4.11. The molecule has 0 aromatic heterocycles. The van der Waals surface area contributed by atoms with Crippen LogP contribution in [-0.4, -0.2) is 11.4 Å². The summed E-state index contributed by atoms with van der Waals surface area (Å²) >= 11 is 3.69. The van der Waals surface area contributed by atoms with Crippen LogP contribution in [0.4, 0.5) is 0 Å². The predicted octanol–water partition coefficient (Wildman–Crippen LogP) is 4.12. The SMILES string of the molecule is CCOc1ccc(C2CCC(Br)C2)cc1. The number of ether oxygens (including phenoxy) is 1. The van der Waals surface area contributed by atoms with Gasteiger partial charge in [0.1, 0.15) is 5.75 Å². The molecule has 0 radical (unpaired) electrons. The summed E-state index contributed by atoms with van der Waals surface area (Å²) in [4.78, 5) is 0.717. The van der Waals surface area contributed by atoms with Crippen molar-refractivity contribution in [1.29, 1.82) is 0 Å². The Morgan fingerprint density at radius 3 is 2.53 bits per heavy atom. The molecular formula is C13H17BrO. The van der Waals surface area contributed by atoms with Crippen molar-refractivity contribution in [2.24, 2.45) is 0 Å². The largest absolute Gasteiger partial charge is 0.494 e. The Balaban J connectivity index is 2.03. The van der Waals surface area contributed by atoms with E-state index >= 15 is 0 Å². The van der Waals surface area contributed by atoms with Crippen molar-refractivity contribution in [2.45, 2.75) is 36.9 Å². The molecule has 15 heavy (non-hydrogen) atoms. The van der Waals surface area contributed by atoms with Crippen molar-refractivity contribution in [3.8, 4) is 5.75 Å². The van der Waals surface area contributed by atoms with Crippen LogP contribution in [0.1, 0.15) is 37.7 Å². The van der Waals surface area contributed by atoms with E-state index in [9.17, 15) is 0 Å². The Hall–Kier alpha value is -0.500. The standard InChI is InChI=1S/C13H17BrO/c1-2-15-13-7-4-10(5-8-13)11-3-6-12(14)9-11/h4-5,7-8,11-12H,2-3,6,9H2,1H3. The minimum Gasteiger partial charge on any atom is -0.494 e. The van der Waals surface area contributed by atoms with Crippen LogP contribution in [0.2, 0.25) is 0 Å². The molecule has 2 heteroatoms. The van der Waals surface area contributed by atoms with Crippen LogP contribution < -0.4 is 4.74 Å². The van der Waals surface area contributed by atoms with Gasteiger partial charge in [0.25, 0.3) is 0 Å². The maximum atomic E-state index is 5.44. The van der Waals surface area contributed by atoms with Gasteiger partial charge in [-0.1, -0.05) is 28.1 Å². The van der Waals surface area contributed by atoms with Gasteiger partial charge in [-0.15, -0.1) is 0 Å². The first-order chi connectivity index (χ1) is 7.29. The van der Waals surface area contributed by atoms with Gasteiger partial charge in [-0.3, -0.25) is 0 Å². The zero-order chi connectivity index (χ0) is 10.7. The Morgan fingerprint density at radius 1 is 1.27 bits per heavy atom. The van der Waals surface area contributed by atoms with Gasteiger partial charge in [0, 0.05) is 4.83 Å². The first-order valence-electron chi connectivity index (χ1n) is 5.66. The van der Waals surface area contributed by atoms with Gasteiger partial charge in [-0.05, 0) is 49.8 Å². The molecule has 2 unspecified atom stereocenters. The third-order valence-electron chi connectivity index (χ3n) is 3.03. The maximum Gasteiger partial charge on any atom is 0.119 e. The first-order valence-corrected chi connectivity index (χ1v) is 6.58. The summed E-state index contributed by atoms with van der Waals surface area (Å²) < 4.78 is 5.44. The topological polar surface area (TPSA) is 9.23 Å². The van der Waals surface area contributed by atoms with Crippen molar-refractivity contribution in [2.75, 3.05) is 6.61 Å². The number of benzene rings is 1. The molecule has 0 spiro atoms. The van der Waals surface area contributed by atoms with E-state index in [-0.39, 0.29) is 0 Å². The molecule has 82 valence electrons. The zero-order valence-corrected chi connectivity index (χ0v) is 10.7. The van der Waals surface area contributed by atoms with Crippen molar-refractivity contribution in [3.05, 3.63) is 29.8 Å². The van der Waals surface area contributed by atoms with Crippen molar-refractivity contribution in [1.82, 2.24) is 0 Å². The van der Waals surface area contributed by atoms with Crippen LogP contribution in [0.15, 0.2) is 24.3 Å². The monoisotopic (exact) mass is 268 g/mol. The summed E-state index contributed by atoms with van der Waals surface area (Å²) in [5.74, 6) is 1.72. The smallest absolute Gasteiger partial charge is 0.119 e. The zero-order valence-electron chi connectivity index (χ0n) is 9.08. The van der Waals surface area contributed by atoms with Gasteiger partial charge in [-0.25, -0.2) is 0 Å². The van der Waals surface area contributed by atoms with Crippen LogP contribution in [-0.2, 0) is 0 Å². The van der Waals surface area contributed by atoms with E-state index in [1.165, 1.54) is 24.8 Å². The second-order valence-corrected chi connectivity index (χ2v) is 5.40. The predicted molar refractivity (Wildman–Crippen MR) is 66.9 cm³/mol. The molecule has 0 amide bonds. The third kappa shape index (κ3) is 2.75. The van der Waals surface area contributed by atoms with Crippen LogP contribution in [0.3, 0.4) is 0 Å². The van der Waals surface area contributed by atoms with Crippen LogP contribution in [0.25, 0.3) is 0 Å². The minimum absolute atomic E-state index is 0.717. The van der Waals surface area contributed by atoms with Gasteiger partial charge in [0.2, 0.25) is 0 Å². The van der Waals surface area contributed by atoms with E-state index in [4.69, 9.17) is 4.74 Å². The molecule has 1 aromatic rings. The lowest BCUT2D eigenvalue weighted by atomic mass is 9.98. The van der Waals surface area contributed by atoms with Gasteiger partial charge in [0.05, 0.1) is 6.61 Å². The summed E-state index contributed by atoms with van der Waals surface area (Å²) in [6.45, 7) is 2.76. The average molecular weight is 269 g/mol. The van der Waals surface area contributed by atoms with Crippen LogP contribution in [0, 0.1) is 0 Å². The quantitative estimate of drug-likeness (QED) is 0.750. The lowest BCUT2D eigenvalue weighted by Crippen LogP contribution is -1.95.